The molecule has 0 fully saturated rings. The van der Waals surface area contributed by atoms with E-state index >= 15 is 0 Å². The molecular formula is C28H28N6OS. The summed E-state index contributed by atoms with van der Waals surface area (Å²) in [4.78, 5) is 12.7. The Bertz CT molecular complexity index is 1560. The van der Waals surface area contributed by atoms with Crippen LogP contribution in [0.5, 0.6) is 0 Å². The van der Waals surface area contributed by atoms with Crippen molar-refractivity contribution < 1.29 is 4.79 Å². The third kappa shape index (κ3) is 4.90. The summed E-state index contributed by atoms with van der Waals surface area (Å²) in [6, 6.07) is 22.9. The number of amides is 1. The van der Waals surface area contributed by atoms with Gasteiger partial charge in [-0.3, -0.25) is 14.0 Å². The maximum absolute atomic E-state index is 12.7. The van der Waals surface area contributed by atoms with Gasteiger partial charge in [0.2, 0.25) is 5.91 Å². The lowest BCUT2D eigenvalue weighted by Gasteiger charge is -2.14. The van der Waals surface area contributed by atoms with Crippen LogP contribution in [0.3, 0.4) is 0 Å². The number of hydrogen-bond donors (Lipinski definition) is 1. The summed E-state index contributed by atoms with van der Waals surface area (Å²) in [5, 5.41) is 19.4. The molecule has 2 heterocycles. The fraction of sp³-hybridized carbons (Fsp3) is 0.214. The van der Waals surface area contributed by atoms with Gasteiger partial charge in [-0.25, -0.2) is 0 Å². The third-order valence-corrected chi connectivity index (χ3v) is 7.05. The summed E-state index contributed by atoms with van der Waals surface area (Å²) < 4.78 is 3.75. The number of rotatable bonds is 7. The van der Waals surface area contributed by atoms with E-state index < -0.39 is 0 Å². The van der Waals surface area contributed by atoms with Crippen molar-refractivity contribution in [3.8, 4) is 5.69 Å². The molecule has 7 nitrogen and oxygen atoms in total. The van der Waals surface area contributed by atoms with E-state index in [-0.39, 0.29) is 11.7 Å². The molecule has 0 radical (unpaired) electrons. The molecule has 0 unspecified atom stereocenters. The van der Waals surface area contributed by atoms with E-state index in [1.807, 2.05) is 20.0 Å². The molecule has 36 heavy (non-hydrogen) atoms. The number of aryl methyl sites for hydroxylation is 4. The van der Waals surface area contributed by atoms with Gasteiger partial charge in [0, 0.05) is 19.5 Å². The fourth-order valence-corrected chi connectivity index (χ4v) is 5.22. The highest BCUT2D eigenvalue weighted by Crippen LogP contribution is 2.28. The molecule has 0 bridgehead atoms. The van der Waals surface area contributed by atoms with Gasteiger partial charge in [-0.05, 0) is 48.7 Å². The smallest absolute Gasteiger partial charge is 0.235 e. The van der Waals surface area contributed by atoms with E-state index in [9.17, 15) is 4.79 Å². The summed E-state index contributed by atoms with van der Waals surface area (Å²) in [5.74, 6) is 1.60. The largest absolute Gasteiger partial charge is 0.310 e. The number of benzene rings is 3. The van der Waals surface area contributed by atoms with Gasteiger partial charge in [-0.15, -0.1) is 10.2 Å². The topological polar surface area (TPSA) is 77.6 Å². The predicted molar refractivity (Wildman–Crippen MR) is 145 cm³/mol. The Morgan fingerprint density at radius 1 is 0.972 bits per heavy atom. The zero-order chi connectivity index (χ0) is 25.2. The zero-order valence-electron chi connectivity index (χ0n) is 20.8. The minimum absolute atomic E-state index is 0.117. The van der Waals surface area contributed by atoms with Crippen LogP contribution in [0.25, 0.3) is 16.5 Å². The van der Waals surface area contributed by atoms with Crippen LogP contribution in [0.4, 0.5) is 5.82 Å². The van der Waals surface area contributed by atoms with Gasteiger partial charge in [0.15, 0.2) is 5.16 Å². The van der Waals surface area contributed by atoms with Crippen molar-refractivity contribution in [3.05, 3.63) is 94.9 Å². The minimum Gasteiger partial charge on any atom is -0.310 e. The molecule has 2 aromatic heterocycles. The van der Waals surface area contributed by atoms with Crippen molar-refractivity contribution in [2.45, 2.75) is 32.3 Å². The molecule has 1 amide bonds. The molecule has 3 aromatic carbocycles. The van der Waals surface area contributed by atoms with Gasteiger partial charge >= 0.3 is 0 Å². The molecule has 5 aromatic rings. The van der Waals surface area contributed by atoms with Crippen LogP contribution in [0.2, 0.25) is 0 Å². The molecule has 0 saturated carbocycles. The number of nitrogens with one attached hydrogen (secondary N) is 1. The molecule has 0 aliphatic carbocycles. The van der Waals surface area contributed by atoms with Gasteiger partial charge in [-0.2, -0.15) is 5.10 Å². The number of anilines is 1. The number of aromatic nitrogens is 5. The molecule has 0 atom stereocenters. The summed E-state index contributed by atoms with van der Waals surface area (Å²) >= 11 is 1.38. The van der Waals surface area contributed by atoms with Crippen LogP contribution in [0, 0.1) is 20.8 Å². The van der Waals surface area contributed by atoms with E-state index in [2.05, 4.69) is 99.7 Å². The Kier molecular flexibility index (Phi) is 6.61. The summed E-state index contributed by atoms with van der Waals surface area (Å²) in [7, 11) is 1.81. The van der Waals surface area contributed by atoms with Crippen molar-refractivity contribution >= 4 is 34.3 Å². The monoisotopic (exact) mass is 496 g/mol. The number of carbonyl (C=O) groups is 1. The van der Waals surface area contributed by atoms with Gasteiger partial charge in [0.25, 0.3) is 0 Å². The summed E-state index contributed by atoms with van der Waals surface area (Å²) in [6.45, 7) is 6.07. The lowest BCUT2D eigenvalue weighted by molar-refractivity contribution is -0.113. The SMILES string of the molecule is Cc1ccc(-n2c(Cc3cccc4ccccc34)nnc2SCC(=O)Nc2cc(C)nn2C)c(C)c1. The molecule has 0 aliphatic rings. The average molecular weight is 497 g/mol. The van der Waals surface area contributed by atoms with E-state index in [0.717, 1.165) is 22.8 Å². The molecule has 5 rings (SSSR count). The van der Waals surface area contributed by atoms with Crippen LogP contribution in [-0.2, 0) is 18.3 Å². The number of carbonyl (C=O) groups excluding carboxylic acids is 1. The number of nitrogens with zero attached hydrogens (tertiary/aromatic N) is 5. The van der Waals surface area contributed by atoms with Crippen LogP contribution in [0.15, 0.2) is 71.9 Å². The Balaban J connectivity index is 1.46. The Morgan fingerprint density at radius 2 is 1.78 bits per heavy atom. The second-order valence-corrected chi connectivity index (χ2v) is 9.91. The van der Waals surface area contributed by atoms with Crippen molar-refractivity contribution in [1.82, 2.24) is 24.5 Å². The number of thioether (sulfide) groups is 1. The maximum Gasteiger partial charge on any atom is 0.235 e. The molecule has 8 heteroatoms. The first-order valence-electron chi connectivity index (χ1n) is 11.8. The average Bonchev–Trinajstić information content (AvgIpc) is 3.39. The zero-order valence-corrected chi connectivity index (χ0v) is 21.6. The predicted octanol–water partition coefficient (Wildman–Crippen LogP) is 5.40. The highest BCUT2D eigenvalue weighted by Gasteiger charge is 2.19. The quantitative estimate of drug-likeness (QED) is 0.305. The summed E-state index contributed by atoms with van der Waals surface area (Å²) in [6.07, 6.45) is 0.628. The van der Waals surface area contributed by atoms with Gasteiger partial charge in [0.1, 0.15) is 11.6 Å². The first kappa shape index (κ1) is 23.8. The Hall–Kier alpha value is -3.91. The van der Waals surface area contributed by atoms with Crippen molar-refractivity contribution in [2.24, 2.45) is 7.05 Å². The second-order valence-electron chi connectivity index (χ2n) is 8.97. The molecular weight excluding hydrogens is 468 g/mol. The first-order valence-corrected chi connectivity index (χ1v) is 12.8. The molecule has 182 valence electrons. The van der Waals surface area contributed by atoms with E-state index in [4.69, 9.17) is 0 Å². The van der Waals surface area contributed by atoms with Crippen LogP contribution >= 0.6 is 11.8 Å². The molecule has 0 saturated heterocycles. The minimum atomic E-state index is -0.117. The van der Waals surface area contributed by atoms with Gasteiger partial charge in [-0.1, -0.05) is 71.9 Å². The van der Waals surface area contributed by atoms with Gasteiger partial charge < -0.3 is 5.32 Å². The van der Waals surface area contributed by atoms with Crippen LogP contribution in [0.1, 0.15) is 28.2 Å². The van der Waals surface area contributed by atoms with Gasteiger partial charge in [0.05, 0.1) is 17.1 Å². The van der Waals surface area contributed by atoms with E-state index in [0.29, 0.717) is 17.4 Å². The van der Waals surface area contributed by atoms with Crippen molar-refractivity contribution in [1.29, 1.82) is 0 Å². The normalized spacial score (nSPS) is 11.2. The number of hydrogen-bond acceptors (Lipinski definition) is 5. The maximum atomic E-state index is 12.7. The number of fused-ring (bicyclic) bond motifs is 1. The Labute approximate surface area is 214 Å². The Morgan fingerprint density at radius 3 is 2.56 bits per heavy atom. The highest BCUT2D eigenvalue weighted by molar-refractivity contribution is 7.99. The van der Waals surface area contributed by atoms with E-state index in [1.54, 1.807) is 4.68 Å². The highest BCUT2D eigenvalue weighted by atomic mass is 32.2. The first-order chi connectivity index (χ1) is 17.4. The lowest BCUT2D eigenvalue weighted by atomic mass is 10.0. The summed E-state index contributed by atoms with van der Waals surface area (Å²) in [5.41, 5.74) is 5.39. The molecule has 0 aliphatic heterocycles. The third-order valence-electron chi connectivity index (χ3n) is 6.12. The lowest BCUT2D eigenvalue weighted by Crippen LogP contribution is -2.17. The van der Waals surface area contributed by atoms with Crippen LogP contribution < -0.4 is 5.32 Å². The van der Waals surface area contributed by atoms with Crippen molar-refractivity contribution in [3.63, 3.8) is 0 Å². The fourth-order valence-electron chi connectivity index (χ4n) is 4.46. The van der Waals surface area contributed by atoms with E-state index in [1.165, 1.54) is 33.7 Å². The van der Waals surface area contributed by atoms with Crippen LogP contribution in [-0.4, -0.2) is 36.2 Å². The van der Waals surface area contributed by atoms with Crippen molar-refractivity contribution in [2.75, 3.05) is 11.1 Å². The molecule has 0 spiro atoms. The molecule has 1 N–H and O–H groups in total. The standard InChI is InChI=1S/C28H28N6OS/c1-18-12-13-24(19(2)14-18)34-26(16-22-10-7-9-21-8-5-6-11-23(21)22)30-31-28(34)36-17-27(35)29-25-15-20(3)32-33(25)4/h5-15H,16-17H2,1-4H3,(H,29,35). The second kappa shape index (κ2) is 9.99.